The van der Waals surface area contributed by atoms with Gasteiger partial charge in [0.1, 0.15) is 11.5 Å². The second-order valence-electron chi connectivity index (χ2n) is 5.56. The number of rotatable bonds is 3. The SMILES string of the molecule is Cc1cc(P2C(c3ccccc3)=C2c2ccccc2)c(C)o1. The van der Waals surface area contributed by atoms with Crippen molar-refractivity contribution in [2.75, 3.05) is 0 Å². The van der Waals surface area contributed by atoms with Crippen LogP contribution in [-0.4, -0.2) is 0 Å². The first-order chi connectivity index (χ1) is 10.8. The fourth-order valence-electron chi connectivity index (χ4n) is 2.97. The van der Waals surface area contributed by atoms with E-state index in [0.717, 1.165) is 11.5 Å². The zero-order valence-corrected chi connectivity index (χ0v) is 13.6. The lowest BCUT2D eigenvalue weighted by Crippen LogP contribution is -1.94. The quantitative estimate of drug-likeness (QED) is 0.579. The van der Waals surface area contributed by atoms with E-state index in [1.165, 1.54) is 27.1 Å². The van der Waals surface area contributed by atoms with Crippen molar-refractivity contribution in [2.24, 2.45) is 0 Å². The summed E-state index contributed by atoms with van der Waals surface area (Å²) in [6, 6.07) is 23.7. The molecular formula is C20H17OP. The molecule has 3 aromatic rings. The minimum Gasteiger partial charge on any atom is -0.466 e. The standard InChI is InChI=1S/C20H17OP/c1-14-13-18(15(2)21-14)22-19(16-9-5-3-6-10-16)20(22)17-11-7-4-8-12-17/h3-13H,1-2H3. The van der Waals surface area contributed by atoms with Crippen LogP contribution in [0.3, 0.4) is 0 Å². The van der Waals surface area contributed by atoms with E-state index in [4.69, 9.17) is 4.42 Å². The van der Waals surface area contributed by atoms with Crippen LogP contribution in [0.2, 0.25) is 0 Å². The highest BCUT2D eigenvalue weighted by molar-refractivity contribution is 7.94. The molecule has 0 N–H and O–H groups in total. The Labute approximate surface area is 132 Å². The normalized spacial score (nSPS) is 14.5. The maximum absolute atomic E-state index is 5.77. The topological polar surface area (TPSA) is 13.1 Å². The van der Waals surface area contributed by atoms with Gasteiger partial charge in [-0.05, 0) is 39.0 Å². The fraction of sp³-hybridized carbons (Fsp3) is 0.100. The molecule has 1 aliphatic heterocycles. The van der Waals surface area contributed by atoms with E-state index in [9.17, 15) is 0 Å². The molecule has 2 aromatic carbocycles. The lowest BCUT2D eigenvalue weighted by molar-refractivity contribution is 0.506. The Morgan fingerprint density at radius 2 is 1.23 bits per heavy atom. The van der Waals surface area contributed by atoms with Gasteiger partial charge in [0, 0.05) is 15.9 Å². The van der Waals surface area contributed by atoms with Gasteiger partial charge in [0.05, 0.1) is 0 Å². The highest BCUT2D eigenvalue weighted by Gasteiger charge is 2.41. The summed E-state index contributed by atoms with van der Waals surface area (Å²) in [6.07, 6.45) is 0. The van der Waals surface area contributed by atoms with E-state index < -0.39 is 0 Å². The van der Waals surface area contributed by atoms with E-state index in [1.54, 1.807) is 0 Å². The van der Waals surface area contributed by atoms with Crippen LogP contribution in [0, 0.1) is 13.8 Å². The van der Waals surface area contributed by atoms with Gasteiger partial charge < -0.3 is 4.42 Å². The molecule has 0 unspecified atom stereocenters. The molecule has 0 saturated carbocycles. The zero-order chi connectivity index (χ0) is 15.1. The van der Waals surface area contributed by atoms with E-state index in [0.29, 0.717) is 0 Å². The lowest BCUT2D eigenvalue weighted by Gasteiger charge is -2.01. The Morgan fingerprint density at radius 1 is 0.727 bits per heavy atom. The highest BCUT2D eigenvalue weighted by atomic mass is 31.1. The minimum absolute atomic E-state index is 0.385. The third-order valence-electron chi connectivity index (χ3n) is 3.97. The van der Waals surface area contributed by atoms with E-state index in [-0.39, 0.29) is 7.92 Å². The first kappa shape index (κ1) is 13.5. The number of hydrogen-bond donors (Lipinski definition) is 0. The molecule has 1 nitrogen and oxygen atoms in total. The van der Waals surface area contributed by atoms with Crippen molar-refractivity contribution in [2.45, 2.75) is 13.8 Å². The summed E-state index contributed by atoms with van der Waals surface area (Å²) in [7, 11) is -0.385. The lowest BCUT2D eigenvalue weighted by atomic mass is 10.1. The van der Waals surface area contributed by atoms with Crippen molar-refractivity contribution in [3.8, 4) is 0 Å². The third-order valence-corrected chi connectivity index (χ3v) is 6.53. The molecule has 0 fully saturated rings. The van der Waals surface area contributed by atoms with Crippen molar-refractivity contribution >= 4 is 23.9 Å². The van der Waals surface area contributed by atoms with Crippen LogP contribution in [0.4, 0.5) is 0 Å². The van der Waals surface area contributed by atoms with E-state index in [1.807, 2.05) is 6.92 Å². The average Bonchev–Trinajstić information content (AvgIpc) is 3.20. The Hall–Kier alpha value is -2.11. The van der Waals surface area contributed by atoms with Crippen LogP contribution < -0.4 is 5.30 Å². The number of benzene rings is 2. The number of aryl methyl sites for hydroxylation is 2. The molecule has 0 saturated heterocycles. The second kappa shape index (κ2) is 5.26. The summed E-state index contributed by atoms with van der Waals surface area (Å²) in [5.41, 5.74) is 2.68. The maximum Gasteiger partial charge on any atom is 0.109 e. The second-order valence-corrected chi connectivity index (χ2v) is 7.61. The van der Waals surface area contributed by atoms with Gasteiger partial charge in [0.15, 0.2) is 0 Å². The molecule has 2 heterocycles. The molecule has 1 aliphatic rings. The summed E-state index contributed by atoms with van der Waals surface area (Å²) in [6.45, 7) is 4.11. The predicted octanol–water partition coefficient (Wildman–Crippen LogP) is 5.54. The molecule has 0 atom stereocenters. The van der Waals surface area contributed by atoms with Gasteiger partial charge >= 0.3 is 0 Å². The summed E-state index contributed by atoms with van der Waals surface area (Å²) in [4.78, 5) is 0. The summed E-state index contributed by atoms with van der Waals surface area (Å²) in [5.74, 6) is 2.06. The van der Waals surface area contributed by atoms with Crippen LogP contribution in [0.15, 0.2) is 71.1 Å². The molecule has 4 rings (SSSR count). The molecule has 108 valence electrons. The van der Waals surface area contributed by atoms with Crippen molar-refractivity contribution in [3.63, 3.8) is 0 Å². The van der Waals surface area contributed by atoms with Crippen molar-refractivity contribution in [1.29, 1.82) is 0 Å². The van der Waals surface area contributed by atoms with Crippen LogP contribution in [-0.2, 0) is 0 Å². The molecule has 2 heteroatoms. The van der Waals surface area contributed by atoms with Gasteiger partial charge in [-0.3, -0.25) is 0 Å². The van der Waals surface area contributed by atoms with Crippen LogP contribution in [0.25, 0.3) is 10.6 Å². The molecule has 0 aliphatic carbocycles. The smallest absolute Gasteiger partial charge is 0.109 e. The largest absolute Gasteiger partial charge is 0.466 e. The van der Waals surface area contributed by atoms with Gasteiger partial charge in [0.25, 0.3) is 0 Å². The minimum atomic E-state index is -0.385. The predicted molar refractivity (Wildman–Crippen MR) is 94.4 cm³/mol. The molecule has 1 aromatic heterocycles. The van der Waals surface area contributed by atoms with Gasteiger partial charge in [-0.15, -0.1) is 0 Å². The zero-order valence-electron chi connectivity index (χ0n) is 12.7. The molecule has 0 spiro atoms. The first-order valence-corrected chi connectivity index (χ1v) is 8.82. The van der Waals surface area contributed by atoms with Gasteiger partial charge in [0.2, 0.25) is 0 Å². The van der Waals surface area contributed by atoms with Gasteiger partial charge in [-0.1, -0.05) is 60.7 Å². The summed E-state index contributed by atoms with van der Waals surface area (Å²) in [5, 5.41) is 4.35. The van der Waals surface area contributed by atoms with Crippen LogP contribution >= 0.6 is 7.92 Å². The number of hydrogen-bond acceptors (Lipinski definition) is 1. The Morgan fingerprint density at radius 3 is 1.64 bits per heavy atom. The van der Waals surface area contributed by atoms with E-state index in [2.05, 4.69) is 73.7 Å². The Balaban J connectivity index is 1.82. The molecule has 0 amide bonds. The summed E-state index contributed by atoms with van der Waals surface area (Å²) >= 11 is 0. The number of furan rings is 1. The molecular weight excluding hydrogens is 287 g/mol. The maximum atomic E-state index is 5.77. The average molecular weight is 304 g/mol. The molecule has 22 heavy (non-hydrogen) atoms. The first-order valence-electron chi connectivity index (χ1n) is 7.48. The van der Waals surface area contributed by atoms with Crippen molar-refractivity contribution in [1.82, 2.24) is 0 Å². The van der Waals surface area contributed by atoms with Crippen LogP contribution in [0.1, 0.15) is 22.6 Å². The highest BCUT2D eigenvalue weighted by Crippen LogP contribution is 2.77. The Kier molecular flexibility index (Phi) is 3.24. The van der Waals surface area contributed by atoms with Gasteiger partial charge in [-0.2, -0.15) is 0 Å². The van der Waals surface area contributed by atoms with E-state index >= 15 is 0 Å². The Bertz CT molecular complexity index is 794. The fourth-order valence-corrected chi connectivity index (χ4v) is 5.67. The monoisotopic (exact) mass is 304 g/mol. The van der Waals surface area contributed by atoms with Crippen molar-refractivity contribution < 1.29 is 4.42 Å². The van der Waals surface area contributed by atoms with Crippen molar-refractivity contribution in [3.05, 3.63) is 89.4 Å². The third kappa shape index (κ3) is 2.23. The van der Waals surface area contributed by atoms with Crippen LogP contribution in [0.5, 0.6) is 0 Å². The molecule has 0 bridgehead atoms. The van der Waals surface area contributed by atoms with Gasteiger partial charge in [-0.25, -0.2) is 0 Å². The summed E-state index contributed by atoms with van der Waals surface area (Å²) < 4.78 is 5.77. The molecule has 0 radical (unpaired) electrons.